The van der Waals surface area contributed by atoms with Gasteiger partial charge in [0.25, 0.3) is 0 Å². The number of carbonyl (C=O) groups is 1. The van der Waals surface area contributed by atoms with E-state index in [2.05, 4.69) is 27.9 Å². The summed E-state index contributed by atoms with van der Waals surface area (Å²) in [6, 6.07) is 3.78. The summed E-state index contributed by atoms with van der Waals surface area (Å²) in [4.78, 5) is 13.7. The van der Waals surface area contributed by atoms with Crippen LogP contribution in [-0.4, -0.2) is 23.3 Å². The number of rotatable bonds is 2. The zero-order chi connectivity index (χ0) is 11.7. The molecule has 0 spiro atoms. The van der Waals surface area contributed by atoms with Crippen LogP contribution >= 0.6 is 11.3 Å². The summed E-state index contributed by atoms with van der Waals surface area (Å²) < 4.78 is 4.61. The predicted octanol–water partition coefficient (Wildman–Crippen LogP) is 2.54. The minimum Gasteiger partial charge on any atom is -0.464 e. The van der Waals surface area contributed by atoms with E-state index in [0.717, 1.165) is 11.3 Å². The number of aromatic nitrogens is 2. The zero-order valence-corrected chi connectivity index (χ0v) is 10.1. The van der Waals surface area contributed by atoms with Gasteiger partial charge in [0.1, 0.15) is 5.69 Å². The minimum atomic E-state index is -0.400. The average Bonchev–Trinajstić information content (AvgIpc) is 2.83. The fourth-order valence-corrected chi connectivity index (χ4v) is 2.49. The molecule has 0 aliphatic heterocycles. The van der Waals surface area contributed by atoms with Crippen LogP contribution in [0.2, 0.25) is 0 Å². The van der Waals surface area contributed by atoms with Crippen LogP contribution in [0.5, 0.6) is 0 Å². The Labute approximate surface area is 97.3 Å². The zero-order valence-electron chi connectivity index (χ0n) is 9.33. The van der Waals surface area contributed by atoms with E-state index in [9.17, 15) is 4.79 Å². The summed E-state index contributed by atoms with van der Waals surface area (Å²) in [6.45, 7) is 4.09. The number of thiophene rings is 1. The third-order valence-electron chi connectivity index (χ3n) is 2.30. The molecule has 1 N–H and O–H groups in total. The molecule has 0 aromatic carbocycles. The van der Waals surface area contributed by atoms with Crippen molar-refractivity contribution in [3.8, 4) is 11.3 Å². The number of ether oxygens (including phenoxy) is 1. The van der Waals surface area contributed by atoms with Gasteiger partial charge in [-0.2, -0.15) is 5.10 Å². The van der Waals surface area contributed by atoms with E-state index in [-0.39, 0.29) is 0 Å². The number of carbonyl (C=O) groups excluding carboxylic acids is 1. The SMILES string of the molecule is COC(=O)c1cc(-c2cc(C)sc2C)n[nH]1. The van der Waals surface area contributed by atoms with Gasteiger partial charge in [-0.25, -0.2) is 4.79 Å². The summed E-state index contributed by atoms with van der Waals surface area (Å²) in [5, 5.41) is 6.78. The smallest absolute Gasteiger partial charge is 0.356 e. The van der Waals surface area contributed by atoms with E-state index in [1.54, 1.807) is 17.4 Å². The summed E-state index contributed by atoms with van der Waals surface area (Å²) >= 11 is 1.72. The van der Waals surface area contributed by atoms with Crippen molar-refractivity contribution >= 4 is 17.3 Å². The van der Waals surface area contributed by atoms with Crippen molar-refractivity contribution in [2.75, 3.05) is 7.11 Å². The topological polar surface area (TPSA) is 55.0 Å². The monoisotopic (exact) mass is 236 g/mol. The second-order valence-corrected chi connectivity index (χ2v) is 4.95. The molecule has 0 unspecified atom stereocenters. The lowest BCUT2D eigenvalue weighted by molar-refractivity contribution is 0.0594. The maximum Gasteiger partial charge on any atom is 0.356 e. The Kier molecular flexibility index (Phi) is 2.78. The van der Waals surface area contributed by atoms with Crippen molar-refractivity contribution < 1.29 is 9.53 Å². The van der Waals surface area contributed by atoms with E-state index >= 15 is 0 Å². The number of hydrogen-bond acceptors (Lipinski definition) is 4. The molecule has 0 saturated heterocycles. The molecular formula is C11H12N2O2S. The standard InChI is InChI=1S/C11H12N2O2S/c1-6-4-8(7(2)16-6)9-5-10(13-12-9)11(14)15-3/h4-5H,1-3H3,(H,12,13). The van der Waals surface area contributed by atoms with E-state index < -0.39 is 5.97 Å². The minimum absolute atomic E-state index is 0.376. The number of nitrogens with one attached hydrogen (secondary N) is 1. The normalized spacial score (nSPS) is 10.4. The highest BCUT2D eigenvalue weighted by Gasteiger charge is 2.13. The van der Waals surface area contributed by atoms with Crippen molar-refractivity contribution in [3.63, 3.8) is 0 Å². The average molecular weight is 236 g/mol. The maximum absolute atomic E-state index is 11.3. The number of hydrogen-bond donors (Lipinski definition) is 1. The molecule has 4 nitrogen and oxygen atoms in total. The molecule has 0 aliphatic carbocycles. The molecule has 2 aromatic rings. The fourth-order valence-electron chi connectivity index (χ4n) is 1.56. The first-order valence-corrected chi connectivity index (χ1v) is 5.64. The van der Waals surface area contributed by atoms with E-state index in [0.29, 0.717) is 5.69 Å². The van der Waals surface area contributed by atoms with Crippen LogP contribution in [0.1, 0.15) is 20.2 Å². The number of aryl methyl sites for hydroxylation is 2. The lowest BCUT2D eigenvalue weighted by atomic mass is 10.2. The molecule has 0 bridgehead atoms. The molecule has 0 fully saturated rings. The fraction of sp³-hybridized carbons (Fsp3) is 0.273. The Balaban J connectivity index is 2.38. The third kappa shape index (κ3) is 1.86. The van der Waals surface area contributed by atoms with Crippen molar-refractivity contribution in [1.29, 1.82) is 0 Å². The first-order chi connectivity index (χ1) is 7.61. The Morgan fingerprint density at radius 3 is 2.75 bits per heavy atom. The molecule has 16 heavy (non-hydrogen) atoms. The van der Waals surface area contributed by atoms with Crippen LogP contribution in [0.4, 0.5) is 0 Å². The predicted molar refractivity (Wildman–Crippen MR) is 62.7 cm³/mol. The molecule has 0 aliphatic rings. The van der Waals surface area contributed by atoms with Crippen molar-refractivity contribution in [2.24, 2.45) is 0 Å². The molecule has 84 valence electrons. The van der Waals surface area contributed by atoms with Crippen LogP contribution in [0.15, 0.2) is 12.1 Å². The van der Waals surface area contributed by atoms with E-state index in [1.165, 1.54) is 16.9 Å². The Morgan fingerprint density at radius 2 is 2.19 bits per heavy atom. The second-order valence-electron chi connectivity index (χ2n) is 3.49. The van der Waals surface area contributed by atoms with Crippen LogP contribution in [0.3, 0.4) is 0 Å². The molecule has 0 amide bonds. The number of H-pyrrole nitrogens is 1. The van der Waals surface area contributed by atoms with Gasteiger partial charge in [0.2, 0.25) is 0 Å². The van der Waals surface area contributed by atoms with Gasteiger partial charge in [-0.1, -0.05) is 0 Å². The molecule has 0 radical (unpaired) electrons. The quantitative estimate of drug-likeness (QED) is 0.815. The van der Waals surface area contributed by atoms with Crippen LogP contribution < -0.4 is 0 Å². The lowest BCUT2D eigenvalue weighted by Gasteiger charge is -1.92. The van der Waals surface area contributed by atoms with Gasteiger partial charge < -0.3 is 4.74 Å². The molecular weight excluding hydrogens is 224 g/mol. The lowest BCUT2D eigenvalue weighted by Crippen LogP contribution is -2.00. The molecule has 0 saturated carbocycles. The van der Waals surface area contributed by atoms with Crippen molar-refractivity contribution in [1.82, 2.24) is 10.2 Å². The van der Waals surface area contributed by atoms with Crippen molar-refractivity contribution in [3.05, 3.63) is 27.6 Å². The summed E-state index contributed by atoms with van der Waals surface area (Å²) in [5.41, 5.74) is 2.22. The highest BCUT2D eigenvalue weighted by atomic mass is 32.1. The Hall–Kier alpha value is -1.62. The van der Waals surface area contributed by atoms with Crippen LogP contribution in [0.25, 0.3) is 11.3 Å². The maximum atomic E-state index is 11.3. The molecule has 2 heterocycles. The van der Waals surface area contributed by atoms with Crippen LogP contribution in [0, 0.1) is 13.8 Å². The van der Waals surface area contributed by atoms with Gasteiger partial charge in [0.05, 0.1) is 12.8 Å². The number of aromatic amines is 1. The highest BCUT2D eigenvalue weighted by Crippen LogP contribution is 2.29. The summed E-state index contributed by atoms with van der Waals surface area (Å²) in [5.74, 6) is -0.400. The number of esters is 1. The first-order valence-electron chi connectivity index (χ1n) is 4.83. The number of nitrogens with zero attached hydrogens (tertiary/aromatic N) is 1. The van der Waals surface area contributed by atoms with E-state index in [4.69, 9.17) is 0 Å². The van der Waals surface area contributed by atoms with Gasteiger partial charge in [-0.3, -0.25) is 5.10 Å². The molecule has 2 rings (SSSR count). The van der Waals surface area contributed by atoms with E-state index in [1.807, 2.05) is 6.92 Å². The van der Waals surface area contributed by atoms with Gasteiger partial charge in [0.15, 0.2) is 0 Å². The van der Waals surface area contributed by atoms with Gasteiger partial charge >= 0.3 is 5.97 Å². The Bertz CT molecular complexity index is 528. The van der Waals surface area contributed by atoms with Gasteiger partial charge in [0, 0.05) is 15.3 Å². The first kappa shape index (κ1) is 10.9. The number of methoxy groups -OCH3 is 1. The molecule has 2 aromatic heterocycles. The second kappa shape index (κ2) is 4.09. The Morgan fingerprint density at radius 1 is 1.44 bits per heavy atom. The van der Waals surface area contributed by atoms with Crippen LogP contribution in [-0.2, 0) is 4.74 Å². The third-order valence-corrected chi connectivity index (χ3v) is 3.27. The molecule has 0 atom stereocenters. The summed E-state index contributed by atoms with van der Waals surface area (Å²) in [6.07, 6.45) is 0. The van der Waals surface area contributed by atoms with Crippen molar-refractivity contribution in [2.45, 2.75) is 13.8 Å². The summed E-state index contributed by atoms with van der Waals surface area (Å²) in [7, 11) is 1.35. The largest absolute Gasteiger partial charge is 0.464 e. The van der Waals surface area contributed by atoms with Gasteiger partial charge in [-0.15, -0.1) is 11.3 Å². The highest BCUT2D eigenvalue weighted by molar-refractivity contribution is 7.12. The molecule has 5 heteroatoms. The van der Waals surface area contributed by atoms with Gasteiger partial charge in [-0.05, 0) is 26.0 Å².